The summed E-state index contributed by atoms with van der Waals surface area (Å²) in [5.41, 5.74) is 1.38. The number of aliphatic hydroxyl groups is 1. The van der Waals surface area contributed by atoms with Gasteiger partial charge in [-0.05, 0) is 42.3 Å². The molecule has 0 aromatic heterocycles. The van der Waals surface area contributed by atoms with Crippen LogP contribution < -0.4 is 4.74 Å². The first-order valence-electron chi connectivity index (χ1n) is 7.30. The molecule has 5 nitrogen and oxygen atoms in total. The Hall–Kier alpha value is -1.60. The van der Waals surface area contributed by atoms with Crippen LogP contribution in [0.2, 0.25) is 5.02 Å². The maximum Gasteiger partial charge on any atom is 0.242 e. The Morgan fingerprint density at radius 2 is 1.96 bits per heavy atom. The number of likely N-dealkylation sites (N-methyl/N-ethyl adjacent to an activating group) is 1. The Balaban J connectivity index is 2.20. The van der Waals surface area contributed by atoms with Crippen molar-refractivity contribution in [1.82, 2.24) is 4.31 Å². The summed E-state index contributed by atoms with van der Waals surface area (Å²) in [6, 6.07) is 11.5. The van der Waals surface area contributed by atoms with Crippen LogP contribution in [-0.4, -0.2) is 38.5 Å². The second-order valence-electron chi connectivity index (χ2n) is 5.49. The predicted octanol–water partition coefficient (Wildman–Crippen LogP) is 3.01. The zero-order chi connectivity index (χ0) is 17.9. The van der Waals surface area contributed by atoms with Crippen molar-refractivity contribution < 1.29 is 18.3 Å². The van der Waals surface area contributed by atoms with Crippen LogP contribution in [0.4, 0.5) is 0 Å². The molecule has 2 aromatic carbocycles. The normalized spacial score (nSPS) is 13.1. The molecule has 0 amide bonds. The first kappa shape index (κ1) is 18.7. The van der Waals surface area contributed by atoms with Gasteiger partial charge in [-0.3, -0.25) is 0 Å². The number of methoxy groups -OCH3 is 1. The molecule has 0 aliphatic heterocycles. The molecule has 24 heavy (non-hydrogen) atoms. The van der Waals surface area contributed by atoms with Gasteiger partial charge in [-0.2, -0.15) is 4.31 Å². The quantitative estimate of drug-likeness (QED) is 0.849. The van der Waals surface area contributed by atoms with E-state index in [0.29, 0.717) is 16.3 Å². The highest BCUT2D eigenvalue weighted by Gasteiger charge is 2.24. The molecule has 0 heterocycles. The molecule has 1 N–H and O–H groups in total. The fraction of sp³-hybridized carbons (Fsp3) is 0.294. The van der Waals surface area contributed by atoms with Crippen LogP contribution in [0.15, 0.2) is 47.4 Å². The maximum absolute atomic E-state index is 12.6. The lowest BCUT2D eigenvalue weighted by Crippen LogP contribution is -2.31. The lowest BCUT2D eigenvalue weighted by molar-refractivity contribution is 0.154. The zero-order valence-electron chi connectivity index (χ0n) is 13.7. The smallest absolute Gasteiger partial charge is 0.242 e. The number of ether oxygens (including phenoxy) is 1. The Labute approximate surface area is 147 Å². The number of hydrogen-bond acceptors (Lipinski definition) is 4. The number of halogens is 1. The van der Waals surface area contributed by atoms with E-state index in [2.05, 4.69) is 0 Å². The molecular formula is C17H20ClNO4S. The monoisotopic (exact) mass is 369 g/mol. The van der Waals surface area contributed by atoms with Crippen LogP contribution in [0.5, 0.6) is 5.75 Å². The molecule has 0 saturated heterocycles. The van der Waals surface area contributed by atoms with Crippen molar-refractivity contribution in [2.45, 2.75) is 17.9 Å². The van der Waals surface area contributed by atoms with E-state index in [1.54, 1.807) is 37.3 Å². The van der Waals surface area contributed by atoms with Gasteiger partial charge in [0, 0.05) is 18.6 Å². The molecule has 0 spiro atoms. The zero-order valence-corrected chi connectivity index (χ0v) is 15.3. The van der Waals surface area contributed by atoms with Crippen LogP contribution in [0.25, 0.3) is 0 Å². The minimum Gasteiger partial charge on any atom is -0.497 e. The molecule has 0 fully saturated rings. The van der Waals surface area contributed by atoms with E-state index in [0.717, 1.165) is 9.87 Å². The largest absolute Gasteiger partial charge is 0.497 e. The minimum absolute atomic E-state index is 0.0823. The number of benzene rings is 2. The second kappa shape index (κ2) is 7.53. The first-order valence-corrected chi connectivity index (χ1v) is 9.12. The average molecular weight is 370 g/mol. The van der Waals surface area contributed by atoms with Crippen molar-refractivity contribution in [2.75, 3.05) is 20.7 Å². The third-order valence-corrected chi connectivity index (χ3v) is 5.99. The van der Waals surface area contributed by atoms with Gasteiger partial charge in [0.15, 0.2) is 0 Å². The summed E-state index contributed by atoms with van der Waals surface area (Å²) in [6.07, 6.45) is -0.971. The van der Waals surface area contributed by atoms with Crippen LogP contribution in [0.1, 0.15) is 17.2 Å². The van der Waals surface area contributed by atoms with Gasteiger partial charge < -0.3 is 9.84 Å². The van der Waals surface area contributed by atoms with E-state index >= 15 is 0 Å². The average Bonchev–Trinajstić information content (AvgIpc) is 2.57. The van der Waals surface area contributed by atoms with Gasteiger partial charge >= 0.3 is 0 Å². The number of sulfonamides is 1. The van der Waals surface area contributed by atoms with Gasteiger partial charge in [0.2, 0.25) is 10.0 Å². The molecule has 2 aromatic rings. The minimum atomic E-state index is -3.74. The Morgan fingerprint density at radius 3 is 2.58 bits per heavy atom. The van der Waals surface area contributed by atoms with Gasteiger partial charge in [-0.25, -0.2) is 8.42 Å². The fourth-order valence-corrected chi connectivity index (χ4v) is 3.66. The van der Waals surface area contributed by atoms with E-state index < -0.39 is 16.1 Å². The Morgan fingerprint density at radius 1 is 1.25 bits per heavy atom. The molecule has 0 saturated carbocycles. The maximum atomic E-state index is 12.6. The number of nitrogens with zero attached hydrogens (tertiary/aromatic N) is 1. The Kier molecular flexibility index (Phi) is 5.87. The molecule has 1 atom stereocenters. The third-order valence-electron chi connectivity index (χ3n) is 3.76. The molecule has 130 valence electrons. The van der Waals surface area contributed by atoms with Gasteiger partial charge in [0.25, 0.3) is 0 Å². The summed E-state index contributed by atoms with van der Waals surface area (Å²) < 4.78 is 31.5. The topological polar surface area (TPSA) is 66.8 Å². The SMILES string of the molecule is COc1cccc(C(O)CN(C)S(=O)(=O)c2ccc(C)c(Cl)c2)c1. The Bertz CT molecular complexity index is 823. The van der Waals surface area contributed by atoms with E-state index in [9.17, 15) is 13.5 Å². The summed E-state index contributed by atoms with van der Waals surface area (Å²) >= 11 is 6.01. The van der Waals surface area contributed by atoms with Crippen molar-refractivity contribution in [3.05, 3.63) is 58.6 Å². The standard InChI is InChI=1S/C17H20ClNO4S/c1-12-7-8-15(10-16(12)18)24(21,22)19(2)11-17(20)13-5-4-6-14(9-13)23-3/h4-10,17,20H,11H2,1-3H3. The van der Waals surface area contributed by atoms with E-state index in [1.165, 1.54) is 26.3 Å². The van der Waals surface area contributed by atoms with E-state index in [4.69, 9.17) is 16.3 Å². The van der Waals surface area contributed by atoms with E-state index in [-0.39, 0.29) is 11.4 Å². The van der Waals surface area contributed by atoms with Crippen molar-refractivity contribution in [2.24, 2.45) is 0 Å². The highest BCUT2D eigenvalue weighted by atomic mass is 35.5. The van der Waals surface area contributed by atoms with Crippen molar-refractivity contribution in [1.29, 1.82) is 0 Å². The summed E-state index contributed by atoms with van der Waals surface area (Å²) in [4.78, 5) is 0.0958. The molecule has 2 rings (SSSR count). The fourth-order valence-electron chi connectivity index (χ4n) is 2.21. The van der Waals surface area contributed by atoms with Crippen molar-refractivity contribution >= 4 is 21.6 Å². The lowest BCUT2D eigenvalue weighted by Gasteiger charge is -2.21. The highest BCUT2D eigenvalue weighted by Crippen LogP contribution is 2.25. The molecule has 0 radical (unpaired) electrons. The third kappa shape index (κ3) is 4.08. The van der Waals surface area contributed by atoms with Gasteiger partial charge in [-0.1, -0.05) is 29.8 Å². The lowest BCUT2D eigenvalue weighted by atomic mass is 10.1. The molecule has 1 unspecified atom stereocenters. The second-order valence-corrected chi connectivity index (χ2v) is 7.94. The van der Waals surface area contributed by atoms with Crippen LogP contribution in [0, 0.1) is 6.92 Å². The predicted molar refractivity (Wildman–Crippen MR) is 94.0 cm³/mol. The number of aliphatic hydroxyl groups excluding tert-OH is 1. The summed E-state index contributed by atoms with van der Waals surface area (Å²) in [5.74, 6) is 0.599. The van der Waals surface area contributed by atoms with Crippen molar-refractivity contribution in [3.8, 4) is 5.75 Å². The van der Waals surface area contributed by atoms with Crippen LogP contribution >= 0.6 is 11.6 Å². The summed E-state index contributed by atoms with van der Waals surface area (Å²) in [7, 11) is -0.785. The summed E-state index contributed by atoms with van der Waals surface area (Å²) in [6.45, 7) is 1.72. The molecule has 0 aliphatic carbocycles. The summed E-state index contributed by atoms with van der Waals surface area (Å²) in [5, 5.41) is 10.7. The molecule has 7 heteroatoms. The van der Waals surface area contributed by atoms with E-state index in [1.807, 2.05) is 0 Å². The molecular weight excluding hydrogens is 350 g/mol. The number of aryl methyl sites for hydroxylation is 1. The number of hydrogen-bond donors (Lipinski definition) is 1. The van der Waals surface area contributed by atoms with Gasteiger partial charge in [0.1, 0.15) is 5.75 Å². The van der Waals surface area contributed by atoms with Crippen molar-refractivity contribution in [3.63, 3.8) is 0 Å². The first-order chi connectivity index (χ1) is 11.3. The molecule has 0 aliphatic rings. The van der Waals surface area contributed by atoms with Crippen LogP contribution in [-0.2, 0) is 10.0 Å². The van der Waals surface area contributed by atoms with Gasteiger partial charge in [-0.15, -0.1) is 0 Å². The highest BCUT2D eigenvalue weighted by molar-refractivity contribution is 7.89. The number of rotatable bonds is 6. The molecule has 0 bridgehead atoms. The van der Waals surface area contributed by atoms with Crippen LogP contribution in [0.3, 0.4) is 0 Å². The van der Waals surface area contributed by atoms with Gasteiger partial charge in [0.05, 0.1) is 18.1 Å².